The van der Waals surface area contributed by atoms with Gasteiger partial charge in [0, 0.05) is 0 Å². The van der Waals surface area contributed by atoms with Gasteiger partial charge in [-0.2, -0.15) is 33.7 Å². The van der Waals surface area contributed by atoms with E-state index in [1.165, 1.54) is 0 Å². The van der Waals surface area contributed by atoms with E-state index < -0.39 is 116 Å². The van der Waals surface area contributed by atoms with Crippen LogP contribution in [0, 0.1) is 0 Å². The second kappa shape index (κ2) is 12.6. The molecule has 0 spiro atoms. The summed E-state index contributed by atoms with van der Waals surface area (Å²) in [4.78, 5) is 0. The van der Waals surface area contributed by atoms with Crippen molar-refractivity contribution < 1.29 is 103 Å². The molecule has 0 aromatic heterocycles. The fourth-order valence-corrected chi connectivity index (χ4v) is 5.37. The number of rotatable bonds is 12. The first-order valence-corrected chi connectivity index (χ1v) is 15.2. The fourth-order valence-electron chi connectivity index (χ4n) is 3.40. The van der Waals surface area contributed by atoms with Crippen LogP contribution in [-0.4, -0.2) is 147 Å². The van der Waals surface area contributed by atoms with Crippen molar-refractivity contribution in [3.8, 4) is 0 Å². The zero-order chi connectivity index (χ0) is 30.1. The van der Waals surface area contributed by atoms with Crippen LogP contribution in [0.4, 0.5) is 0 Å². The van der Waals surface area contributed by atoms with Crippen LogP contribution in [0.1, 0.15) is 0 Å². The van der Waals surface area contributed by atoms with Crippen LogP contribution in [0.3, 0.4) is 0 Å². The summed E-state index contributed by atoms with van der Waals surface area (Å²) in [7, 11) is -22.0. The van der Waals surface area contributed by atoms with Gasteiger partial charge in [0.1, 0.15) is 36.6 Å². The summed E-state index contributed by atoms with van der Waals surface area (Å²) in [5.41, 5.74) is 0. The van der Waals surface area contributed by atoms with Gasteiger partial charge in [-0.25, -0.2) is 16.7 Å². The zero-order valence-electron chi connectivity index (χ0n) is 18.5. The second-order valence-electron chi connectivity index (χ2n) is 7.56. The molecule has 23 nitrogen and oxygen atoms in total. The number of aliphatic hydroxyl groups excluding tert-OH is 4. The van der Waals surface area contributed by atoms with Crippen LogP contribution in [0.25, 0.3) is 0 Å². The lowest BCUT2D eigenvalue weighted by molar-refractivity contribution is -0.317. The number of hydrogen-bond donors (Lipinski definition) is 8. The van der Waals surface area contributed by atoms with Crippen LogP contribution in [-0.2, 0) is 72.5 Å². The minimum absolute atomic E-state index is 1.13. The third kappa shape index (κ3) is 10.5. The van der Waals surface area contributed by atoms with E-state index in [1.54, 1.807) is 0 Å². The van der Waals surface area contributed by atoms with Gasteiger partial charge in [-0.05, 0) is 0 Å². The molecule has 8 N–H and O–H groups in total. The lowest BCUT2D eigenvalue weighted by Gasteiger charge is -2.43. The fraction of sp³-hybridized carbons (Fsp3) is 1.00. The minimum Gasteiger partial charge on any atom is -0.394 e. The van der Waals surface area contributed by atoms with Crippen LogP contribution in [0.2, 0.25) is 0 Å². The molecule has 0 saturated carbocycles. The maximum absolute atomic E-state index is 11.3. The van der Waals surface area contributed by atoms with Gasteiger partial charge in [-0.3, -0.25) is 18.2 Å². The predicted octanol–water partition coefficient (Wildman–Crippen LogP) is -6.09. The van der Waals surface area contributed by atoms with Crippen molar-refractivity contribution in [1.82, 2.24) is 0 Å². The summed E-state index contributed by atoms with van der Waals surface area (Å²) >= 11 is 0. The predicted molar refractivity (Wildman–Crippen MR) is 110 cm³/mol. The molecule has 0 aromatic carbocycles. The van der Waals surface area contributed by atoms with Crippen molar-refractivity contribution >= 4 is 41.6 Å². The molecule has 0 aromatic rings. The Hall–Kier alpha value is -0.800. The highest BCUT2D eigenvalue weighted by atomic mass is 32.3. The first kappa shape index (κ1) is 34.4. The number of hydrogen-bond acceptors (Lipinski definition) is 19. The number of ether oxygens (including phenoxy) is 3. The van der Waals surface area contributed by atoms with Crippen molar-refractivity contribution in [2.45, 2.75) is 61.4 Å². The van der Waals surface area contributed by atoms with Gasteiger partial charge in [-0.15, -0.1) is 0 Å². The molecule has 0 amide bonds. The monoisotopic (exact) mass is 662 g/mol. The van der Waals surface area contributed by atoms with Gasteiger partial charge in [0.15, 0.2) is 24.8 Å². The molecule has 10 atom stereocenters. The molecule has 2 rings (SSSR count). The van der Waals surface area contributed by atoms with Crippen molar-refractivity contribution in [2.24, 2.45) is 0 Å². The Labute approximate surface area is 219 Å². The lowest BCUT2D eigenvalue weighted by Crippen LogP contribution is -2.63. The molecule has 27 heteroatoms. The molecule has 2 aliphatic heterocycles. The Morgan fingerprint density at radius 3 is 1.38 bits per heavy atom. The second-order valence-corrected chi connectivity index (χ2v) is 11.8. The molecule has 2 heterocycles. The summed E-state index contributed by atoms with van der Waals surface area (Å²) in [6.45, 7) is -2.32. The topological polar surface area (TPSA) is 363 Å². The Morgan fingerprint density at radius 2 is 0.949 bits per heavy atom. The summed E-state index contributed by atoms with van der Waals surface area (Å²) in [5, 5.41) is 40.0. The SMILES string of the molecule is O=S(=O)(O)O[C@@H]1[C@H](OC[C@H]2O[C@@H](O)[C@@H](OS(=O)(=O)O)[C@@H](OS(=O)(=O)O)[C@@H]2O)O[C@H](CO)[C@@H](O)[C@@H]1OS(=O)(=O)O. The molecule has 2 aliphatic rings. The van der Waals surface area contributed by atoms with Crippen molar-refractivity contribution in [3.05, 3.63) is 0 Å². The average Bonchev–Trinajstić information content (AvgIpc) is 2.72. The van der Waals surface area contributed by atoms with Gasteiger partial charge in [-0.1, -0.05) is 0 Å². The molecule has 232 valence electrons. The smallest absolute Gasteiger partial charge is 0.394 e. The Kier molecular flexibility index (Phi) is 11.1. The summed E-state index contributed by atoms with van der Waals surface area (Å²) < 4.78 is 156. The van der Waals surface area contributed by atoms with Gasteiger partial charge in [0.2, 0.25) is 0 Å². The Balaban J connectivity index is 2.36. The van der Waals surface area contributed by atoms with Gasteiger partial charge < -0.3 is 34.6 Å². The molecule has 0 bridgehead atoms. The van der Waals surface area contributed by atoms with Gasteiger partial charge in [0.05, 0.1) is 13.2 Å². The quantitative estimate of drug-likeness (QED) is 0.0901. The highest BCUT2D eigenvalue weighted by Gasteiger charge is 2.53. The summed E-state index contributed by atoms with van der Waals surface area (Å²) in [6.07, 6.45) is -23.5. The van der Waals surface area contributed by atoms with Crippen LogP contribution < -0.4 is 0 Å². The van der Waals surface area contributed by atoms with Crippen molar-refractivity contribution in [3.63, 3.8) is 0 Å². The van der Waals surface area contributed by atoms with Crippen LogP contribution in [0.5, 0.6) is 0 Å². The van der Waals surface area contributed by atoms with E-state index in [-0.39, 0.29) is 0 Å². The van der Waals surface area contributed by atoms with E-state index in [0.717, 1.165) is 0 Å². The molecule has 0 unspecified atom stereocenters. The Morgan fingerprint density at radius 1 is 0.564 bits per heavy atom. The van der Waals surface area contributed by atoms with Gasteiger partial charge >= 0.3 is 41.6 Å². The van der Waals surface area contributed by atoms with Crippen LogP contribution in [0.15, 0.2) is 0 Å². The maximum atomic E-state index is 11.3. The van der Waals surface area contributed by atoms with Crippen LogP contribution >= 0.6 is 0 Å². The van der Waals surface area contributed by atoms with Crippen molar-refractivity contribution in [1.29, 1.82) is 0 Å². The first-order chi connectivity index (χ1) is 17.5. The molecule has 2 fully saturated rings. The molecular weight excluding hydrogens is 640 g/mol. The van der Waals surface area contributed by atoms with Crippen molar-refractivity contribution in [2.75, 3.05) is 13.2 Å². The highest BCUT2D eigenvalue weighted by molar-refractivity contribution is 7.81. The van der Waals surface area contributed by atoms with E-state index in [9.17, 15) is 54.1 Å². The zero-order valence-corrected chi connectivity index (χ0v) is 21.8. The molecular formula is C12H22O23S4. The lowest BCUT2D eigenvalue weighted by atomic mass is 9.98. The molecule has 0 radical (unpaired) electrons. The number of aliphatic hydroxyl groups is 4. The third-order valence-corrected chi connectivity index (χ3v) is 6.65. The largest absolute Gasteiger partial charge is 0.397 e. The molecule has 39 heavy (non-hydrogen) atoms. The van der Waals surface area contributed by atoms with E-state index in [1.807, 2.05) is 0 Å². The summed E-state index contributed by atoms with van der Waals surface area (Å²) in [6, 6.07) is 0. The Bertz CT molecular complexity index is 1260. The highest BCUT2D eigenvalue weighted by Crippen LogP contribution is 2.31. The normalized spacial score (nSPS) is 37.0. The third-order valence-electron chi connectivity index (χ3n) is 4.79. The summed E-state index contributed by atoms with van der Waals surface area (Å²) in [5.74, 6) is 0. The molecule has 0 aliphatic carbocycles. The van der Waals surface area contributed by atoms with E-state index in [0.29, 0.717) is 0 Å². The first-order valence-electron chi connectivity index (χ1n) is 9.71. The van der Waals surface area contributed by atoms with E-state index >= 15 is 0 Å². The maximum Gasteiger partial charge on any atom is 0.397 e. The standard InChI is InChI=1S/C12H22O23S4/c13-1-3-5(14)8(33-37(20,21)22)10(35-39(26,27)28)12(31-3)29-2-4-6(15)7(32-36(17,18)19)9(11(16)30-4)34-38(23,24)25/h3-16H,1-2H2,(H,17,18,19)(H,20,21,22)(H,23,24,25)(H,26,27,28)/t3-,4-,5-,6-,7+,8+,9+,10+,11-,12-/m1/s1. The average molecular weight is 663 g/mol. The van der Waals surface area contributed by atoms with E-state index in [4.69, 9.17) is 32.4 Å². The van der Waals surface area contributed by atoms with E-state index in [2.05, 4.69) is 16.7 Å². The molecule has 2 saturated heterocycles. The minimum atomic E-state index is -5.53. The van der Waals surface area contributed by atoms with Gasteiger partial charge in [0.25, 0.3) is 0 Å².